The van der Waals surface area contributed by atoms with Gasteiger partial charge in [-0.05, 0) is 54.4 Å². The molecule has 1 amide bonds. The SMILES string of the molecule is Cc1ccc2oc(-c3c[nH]nc3-c3ccc(NC(=O)Cc4ccc(Cl)cc4)cc3)nc2c1. The first-order chi connectivity index (χ1) is 15.5. The molecule has 0 spiro atoms. The van der Waals surface area contributed by atoms with Gasteiger partial charge in [-0.3, -0.25) is 9.89 Å². The van der Waals surface area contributed by atoms with Gasteiger partial charge in [-0.25, -0.2) is 4.98 Å². The number of hydrogen-bond acceptors (Lipinski definition) is 4. The Kier molecular flexibility index (Phi) is 5.21. The van der Waals surface area contributed by atoms with Crippen molar-refractivity contribution in [1.29, 1.82) is 0 Å². The number of rotatable bonds is 5. The van der Waals surface area contributed by atoms with Gasteiger partial charge in [-0.2, -0.15) is 5.10 Å². The van der Waals surface area contributed by atoms with Gasteiger partial charge in [0.15, 0.2) is 5.58 Å². The van der Waals surface area contributed by atoms with Crippen molar-refractivity contribution in [1.82, 2.24) is 15.2 Å². The fourth-order valence-corrected chi connectivity index (χ4v) is 3.66. The molecule has 0 aliphatic carbocycles. The predicted octanol–water partition coefficient (Wildman–Crippen LogP) is 6.03. The van der Waals surface area contributed by atoms with Crippen molar-refractivity contribution in [3.63, 3.8) is 0 Å². The summed E-state index contributed by atoms with van der Waals surface area (Å²) in [7, 11) is 0. The zero-order valence-corrected chi connectivity index (χ0v) is 18.0. The molecule has 0 saturated heterocycles. The van der Waals surface area contributed by atoms with Gasteiger partial charge in [-0.15, -0.1) is 0 Å². The van der Waals surface area contributed by atoms with Crippen LogP contribution in [0, 0.1) is 6.92 Å². The first-order valence-corrected chi connectivity index (χ1v) is 10.5. The summed E-state index contributed by atoms with van der Waals surface area (Å²) in [5.41, 5.74) is 6.67. The number of anilines is 1. The lowest BCUT2D eigenvalue weighted by molar-refractivity contribution is -0.115. The molecule has 3 aromatic carbocycles. The number of aryl methyl sites for hydroxylation is 1. The standard InChI is InChI=1S/C25H19ClN4O2/c1-15-2-11-22-21(12-15)29-25(32-22)20-14-27-30-24(20)17-5-9-19(10-6-17)28-23(31)13-16-3-7-18(26)8-4-16/h2-12,14H,13H2,1H3,(H,27,30)(H,28,31). The summed E-state index contributed by atoms with van der Waals surface area (Å²) in [5.74, 6) is 0.414. The summed E-state index contributed by atoms with van der Waals surface area (Å²) in [4.78, 5) is 17.0. The molecule has 6 nitrogen and oxygen atoms in total. The van der Waals surface area contributed by atoms with Crippen LogP contribution in [-0.4, -0.2) is 21.1 Å². The van der Waals surface area contributed by atoms with Gasteiger partial charge in [0.2, 0.25) is 11.8 Å². The molecule has 7 heteroatoms. The summed E-state index contributed by atoms with van der Waals surface area (Å²) in [6, 6.07) is 20.7. The normalized spacial score (nSPS) is 11.1. The molecule has 2 aromatic heterocycles. The highest BCUT2D eigenvalue weighted by Crippen LogP contribution is 2.32. The number of fused-ring (bicyclic) bond motifs is 1. The van der Waals surface area contributed by atoms with Crippen LogP contribution < -0.4 is 5.32 Å². The number of carbonyl (C=O) groups excluding carboxylic acids is 1. The van der Waals surface area contributed by atoms with Crippen molar-refractivity contribution < 1.29 is 9.21 Å². The third-order valence-electron chi connectivity index (χ3n) is 5.13. The topological polar surface area (TPSA) is 83.8 Å². The highest BCUT2D eigenvalue weighted by atomic mass is 35.5. The second kappa shape index (κ2) is 8.32. The van der Waals surface area contributed by atoms with E-state index in [0.717, 1.165) is 39.0 Å². The summed E-state index contributed by atoms with van der Waals surface area (Å²) in [6.07, 6.45) is 2.05. The zero-order valence-electron chi connectivity index (χ0n) is 17.2. The second-order valence-electron chi connectivity index (χ2n) is 7.57. The molecule has 0 fully saturated rings. The first kappa shape index (κ1) is 20.0. The number of halogens is 1. The van der Waals surface area contributed by atoms with Gasteiger partial charge >= 0.3 is 0 Å². The van der Waals surface area contributed by atoms with Crippen LogP contribution >= 0.6 is 11.6 Å². The molecule has 158 valence electrons. The number of oxazole rings is 1. The fraction of sp³-hybridized carbons (Fsp3) is 0.0800. The Balaban J connectivity index is 1.34. The van der Waals surface area contributed by atoms with E-state index in [9.17, 15) is 4.79 Å². The molecule has 0 aliphatic rings. The zero-order chi connectivity index (χ0) is 22.1. The summed E-state index contributed by atoms with van der Waals surface area (Å²) >= 11 is 5.89. The molecule has 32 heavy (non-hydrogen) atoms. The smallest absolute Gasteiger partial charge is 0.231 e. The maximum atomic E-state index is 12.3. The van der Waals surface area contributed by atoms with Gasteiger partial charge < -0.3 is 9.73 Å². The number of nitrogens with one attached hydrogen (secondary N) is 2. The summed E-state index contributed by atoms with van der Waals surface area (Å²) in [6.45, 7) is 2.02. The lowest BCUT2D eigenvalue weighted by Gasteiger charge is -2.07. The molecule has 0 bridgehead atoms. The molecular formula is C25H19ClN4O2. The Bertz CT molecular complexity index is 1400. The lowest BCUT2D eigenvalue weighted by atomic mass is 10.1. The molecule has 5 aromatic rings. The molecule has 2 heterocycles. The van der Waals surface area contributed by atoms with E-state index >= 15 is 0 Å². The predicted molar refractivity (Wildman–Crippen MR) is 126 cm³/mol. The van der Waals surface area contributed by atoms with Gasteiger partial charge in [0, 0.05) is 22.5 Å². The van der Waals surface area contributed by atoms with Crippen molar-refractivity contribution in [3.05, 3.63) is 89.1 Å². The number of amides is 1. The molecule has 0 atom stereocenters. The van der Waals surface area contributed by atoms with E-state index in [0.29, 0.717) is 16.6 Å². The Morgan fingerprint density at radius 2 is 1.84 bits per heavy atom. The van der Waals surface area contributed by atoms with Crippen molar-refractivity contribution in [2.75, 3.05) is 5.32 Å². The number of aromatic nitrogens is 3. The maximum absolute atomic E-state index is 12.3. The second-order valence-corrected chi connectivity index (χ2v) is 8.00. The number of carbonyl (C=O) groups is 1. The van der Waals surface area contributed by atoms with E-state index in [4.69, 9.17) is 16.0 Å². The van der Waals surface area contributed by atoms with Gasteiger partial charge in [0.05, 0.1) is 12.0 Å². The van der Waals surface area contributed by atoms with Crippen LogP contribution in [0.25, 0.3) is 33.8 Å². The van der Waals surface area contributed by atoms with Crippen molar-refractivity contribution in [3.8, 4) is 22.7 Å². The summed E-state index contributed by atoms with van der Waals surface area (Å²) < 4.78 is 5.93. The quantitative estimate of drug-likeness (QED) is 0.348. The number of aromatic amines is 1. The minimum absolute atomic E-state index is 0.0951. The van der Waals surface area contributed by atoms with Crippen LogP contribution in [0.1, 0.15) is 11.1 Å². The van der Waals surface area contributed by atoms with Crippen molar-refractivity contribution in [2.24, 2.45) is 0 Å². The summed E-state index contributed by atoms with van der Waals surface area (Å²) in [5, 5.41) is 10.8. The monoisotopic (exact) mass is 442 g/mol. The van der Waals surface area contributed by atoms with Gasteiger partial charge in [0.1, 0.15) is 11.2 Å². The van der Waals surface area contributed by atoms with E-state index in [1.807, 2.05) is 61.5 Å². The Labute approximate surface area is 189 Å². The lowest BCUT2D eigenvalue weighted by Crippen LogP contribution is -2.14. The molecule has 0 saturated carbocycles. The number of benzene rings is 3. The van der Waals surface area contributed by atoms with Crippen LogP contribution in [0.2, 0.25) is 5.02 Å². The third-order valence-corrected chi connectivity index (χ3v) is 5.39. The van der Waals surface area contributed by atoms with Crippen LogP contribution in [0.5, 0.6) is 0 Å². The minimum atomic E-state index is -0.0951. The maximum Gasteiger partial charge on any atom is 0.231 e. The largest absolute Gasteiger partial charge is 0.436 e. The van der Waals surface area contributed by atoms with Crippen LogP contribution in [-0.2, 0) is 11.2 Å². The molecule has 0 radical (unpaired) electrons. The number of nitrogens with zero attached hydrogens (tertiary/aromatic N) is 2. The van der Waals surface area contributed by atoms with Crippen LogP contribution in [0.15, 0.2) is 77.3 Å². The highest BCUT2D eigenvalue weighted by molar-refractivity contribution is 6.30. The van der Waals surface area contributed by atoms with Crippen LogP contribution in [0.4, 0.5) is 5.69 Å². The van der Waals surface area contributed by atoms with Crippen molar-refractivity contribution in [2.45, 2.75) is 13.3 Å². The molecule has 5 rings (SSSR count). The Hall–Kier alpha value is -3.90. The Morgan fingerprint density at radius 3 is 2.62 bits per heavy atom. The number of H-pyrrole nitrogens is 1. The van der Waals surface area contributed by atoms with Crippen molar-refractivity contribution >= 4 is 34.3 Å². The first-order valence-electron chi connectivity index (χ1n) is 10.1. The van der Waals surface area contributed by atoms with E-state index in [-0.39, 0.29) is 12.3 Å². The Morgan fingerprint density at radius 1 is 1.06 bits per heavy atom. The molecule has 0 aliphatic heterocycles. The van der Waals surface area contributed by atoms with E-state index < -0.39 is 0 Å². The molecular weight excluding hydrogens is 424 g/mol. The fourth-order valence-electron chi connectivity index (χ4n) is 3.53. The average Bonchev–Trinajstić information content (AvgIpc) is 3.42. The van der Waals surface area contributed by atoms with E-state index in [2.05, 4.69) is 20.5 Å². The average molecular weight is 443 g/mol. The number of hydrogen-bond donors (Lipinski definition) is 2. The van der Waals surface area contributed by atoms with Gasteiger partial charge in [-0.1, -0.05) is 41.9 Å². The van der Waals surface area contributed by atoms with Gasteiger partial charge in [0.25, 0.3) is 0 Å². The van der Waals surface area contributed by atoms with E-state index in [1.165, 1.54) is 0 Å². The third kappa shape index (κ3) is 4.13. The van der Waals surface area contributed by atoms with Crippen LogP contribution in [0.3, 0.4) is 0 Å². The van der Waals surface area contributed by atoms with E-state index in [1.54, 1.807) is 18.3 Å². The minimum Gasteiger partial charge on any atom is -0.436 e. The molecule has 0 unspecified atom stereocenters. The highest BCUT2D eigenvalue weighted by Gasteiger charge is 2.16. The molecule has 2 N–H and O–H groups in total.